The maximum Gasteiger partial charge on any atom is 0.407 e. The first kappa shape index (κ1) is 40.3. The number of rotatable bonds is 12. The van der Waals surface area contributed by atoms with Crippen LogP contribution in [0.25, 0.3) is 33.6 Å². The first-order valence-electron chi connectivity index (χ1n) is 20.1. The number of amides is 4. The van der Waals surface area contributed by atoms with Crippen molar-refractivity contribution in [2.24, 2.45) is 23.7 Å². The van der Waals surface area contributed by atoms with Gasteiger partial charge in [-0.2, -0.15) is 0 Å². The molecule has 306 valence electrons. The molecule has 1 saturated carbocycles. The first-order valence-corrected chi connectivity index (χ1v) is 20.1. The van der Waals surface area contributed by atoms with E-state index in [9.17, 15) is 19.2 Å². The van der Waals surface area contributed by atoms with Gasteiger partial charge in [0.1, 0.15) is 23.7 Å². The van der Waals surface area contributed by atoms with Gasteiger partial charge in [0.25, 0.3) is 0 Å². The topological polar surface area (TPSA) is 175 Å². The van der Waals surface area contributed by atoms with Crippen LogP contribution in [-0.2, 0) is 19.1 Å². The number of likely N-dealkylation sites (tertiary alicyclic amines) is 2. The van der Waals surface area contributed by atoms with Gasteiger partial charge < -0.3 is 39.9 Å². The maximum absolute atomic E-state index is 13.9. The second-order valence-corrected chi connectivity index (χ2v) is 16.4. The number of imidazole rings is 2. The number of carbonyl (C=O) groups is 4. The second kappa shape index (κ2) is 16.5. The fourth-order valence-electron chi connectivity index (χ4n) is 8.82. The van der Waals surface area contributed by atoms with Crippen LogP contribution < -0.4 is 10.6 Å². The van der Waals surface area contributed by atoms with E-state index in [2.05, 4.69) is 70.5 Å². The second-order valence-electron chi connectivity index (χ2n) is 16.4. The van der Waals surface area contributed by atoms with Crippen molar-refractivity contribution in [1.82, 2.24) is 40.4 Å². The van der Waals surface area contributed by atoms with E-state index in [1.165, 1.54) is 14.2 Å². The van der Waals surface area contributed by atoms with Crippen LogP contribution in [0.2, 0.25) is 0 Å². The third kappa shape index (κ3) is 7.71. The Morgan fingerprint density at radius 3 is 1.62 bits per heavy atom. The van der Waals surface area contributed by atoms with Crippen LogP contribution in [-0.4, -0.2) is 92.1 Å². The zero-order valence-electron chi connectivity index (χ0n) is 34.2. The fraction of sp³-hybridized carbons (Fsp3) is 0.455. The summed E-state index contributed by atoms with van der Waals surface area (Å²) < 4.78 is 9.60. The van der Waals surface area contributed by atoms with E-state index in [-0.39, 0.29) is 47.8 Å². The Hall–Kier alpha value is -5.92. The summed E-state index contributed by atoms with van der Waals surface area (Å²) in [5.74, 6) is 1.68. The molecule has 3 unspecified atom stereocenters. The first-order chi connectivity index (χ1) is 27.8. The Labute approximate surface area is 339 Å². The molecule has 0 radical (unpaired) electrons. The number of hydrogen-bond donors (Lipinski definition) is 4. The number of piperidine rings is 1. The number of aromatic nitrogens is 4. The van der Waals surface area contributed by atoms with Gasteiger partial charge in [0.05, 0.1) is 56.1 Å². The molecule has 2 saturated heterocycles. The van der Waals surface area contributed by atoms with Crippen molar-refractivity contribution in [2.75, 3.05) is 14.2 Å². The van der Waals surface area contributed by atoms with E-state index >= 15 is 0 Å². The van der Waals surface area contributed by atoms with Gasteiger partial charge >= 0.3 is 12.2 Å². The summed E-state index contributed by atoms with van der Waals surface area (Å²) in [5.41, 5.74) is 5.74. The third-order valence-electron chi connectivity index (χ3n) is 12.2. The van der Waals surface area contributed by atoms with Crippen molar-refractivity contribution >= 4 is 24.0 Å². The lowest BCUT2D eigenvalue weighted by atomic mass is 10.0. The molecule has 14 nitrogen and oxygen atoms in total. The van der Waals surface area contributed by atoms with Crippen LogP contribution in [0.1, 0.15) is 77.6 Å². The molecule has 1 aliphatic carbocycles. The number of fused-ring (bicyclic) bond motifs is 1. The van der Waals surface area contributed by atoms with Crippen molar-refractivity contribution in [3.05, 3.63) is 85.2 Å². The number of alkyl carbamates (subject to hydrolysis) is 2. The normalized spacial score (nSPS) is 23.3. The summed E-state index contributed by atoms with van der Waals surface area (Å²) in [6.45, 7) is 13.8. The number of benzene rings is 2. The summed E-state index contributed by atoms with van der Waals surface area (Å²) in [6, 6.07) is 14.5. The highest BCUT2D eigenvalue weighted by Crippen LogP contribution is 2.57. The highest BCUT2D eigenvalue weighted by Gasteiger charge is 2.61. The molecule has 2 aromatic heterocycles. The number of hydrogen-bond acceptors (Lipinski definition) is 8. The number of nitrogens with one attached hydrogen (secondary N) is 4. The molecular formula is C44H54N8O6. The maximum atomic E-state index is 13.9. The minimum atomic E-state index is -0.750. The highest BCUT2D eigenvalue weighted by atomic mass is 16.5. The summed E-state index contributed by atoms with van der Waals surface area (Å²) in [6.07, 6.45) is 6.40. The van der Waals surface area contributed by atoms with Crippen LogP contribution in [0.4, 0.5) is 9.59 Å². The highest BCUT2D eigenvalue weighted by molar-refractivity contribution is 5.88. The Morgan fingerprint density at radius 1 is 0.724 bits per heavy atom. The Morgan fingerprint density at radius 2 is 1.17 bits per heavy atom. The number of nitrogens with zero attached hydrogens (tertiary/aromatic N) is 4. The van der Waals surface area contributed by atoms with Crippen molar-refractivity contribution in [2.45, 2.75) is 90.1 Å². The van der Waals surface area contributed by atoms with Crippen molar-refractivity contribution < 1.29 is 28.7 Å². The minimum Gasteiger partial charge on any atom is -0.453 e. The van der Waals surface area contributed by atoms with Gasteiger partial charge in [-0.3, -0.25) is 9.59 Å². The molecule has 0 spiro atoms. The smallest absolute Gasteiger partial charge is 0.407 e. The molecule has 4 amide bonds. The van der Waals surface area contributed by atoms with Crippen LogP contribution in [0.3, 0.4) is 0 Å². The van der Waals surface area contributed by atoms with E-state index < -0.39 is 24.3 Å². The average molecular weight is 791 g/mol. The van der Waals surface area contributed by atoms with E-state index in [1.807, 2.05) is 50.9 Å². The zero-order valence-corrected chi connectivity index (χ0v) is 34.2. The van der Waals surface area contributed by atoms with Gasteiger partial charge in [0.15, 0.2) is 0 Å². The summed E-state index contributed by atoms with van der Waals surface area (Å²) >= 11 is 0. The predicted molar refractivity (Wildman–Crippen MR) is 219 cm³/mol. The molecule has 2 aliphatic heterocycles. The predicted octanol–water partition coefficient (Wildman–Crippen LogP) is 7.02. The molecule has 4 heterocycles. The average Bonchev–Trinajstić information content (AvgIpc) is 3.88. The molecule has 4 N–H and O–H groups in total. The Kier molecular flexibility index (Phi) is 11.5. The summed E-state index contributed by atoms with van der Waals surface area (Å²) in [5, 5.41) is 5.45. The molecule has 0 bridgehead atoms. The number of aromatic amines is 2. The molecule has 8 atom stereocenters. The zero-order chi connectivity index (χ0) is 41.4. The molecule has 7 rings (SSSR count). The Bertz CT molecular complexity index is 2140. The molecule has 14 heteroatoms. The lowest BCUT2D eigenvalue weighted by Crippen LogP contribution is -2.52. The number of ether oxygens (including phenoxy) is 2. The van der Waals surface area contributed by atoms with Gasteiger partial charge in [0.2, 0.25) is 11.8 Å². The SMILES string of the molecule is C=C[C@@H]1CCC(c2ncc(-c3ccc(-c4ccc(-c5cnc(C6C[C@@H]7C([C@@H]7C)N6C(=O)[C@@H](NC(=O)OC)C(C)C)[nH]5)cc4)cc3)[nH]2)N1C(=O)[C@@H](NC(=O)OC)C(C)C. The van der Waals surface area contributed by atoms with E-state index in [1.54, 1.807) is 17.2 Å². The minimum absolute atomic E-state index is 0.108. The van der Waals surface area contributed by atoms with Gasteiger partial charge in [-0.1, -0.05) is 89.2 Å². The van der Waals surface area contributed by atoms with Crippen LogP contribution in [0.15, 0.2) is 73.6 Å². The molecule has 58 heavy (non-hydrogen) atoms. The molecule has 3 fully saturated rings. The molecule has 4 aromatic rings. The molecular weight excluding hydrogens is 737 g/mol. The Balaban J connectivity index is 1.03. The van der Waals surface area contributed by atoms with Crippen molar-refractivity contribution in [1.29, 1.82) is 0 Å². The number of H-pyrrole nitrogens is 2. The molecule has 2 aromatic carbocycles. The summed E-state index contributed by atoms with van der Waals surface area (Å²) in [4.78, 5) is 72.1. The quantitative estimate of drug-likeness (QED) is 0.111. The van der Waals surface area contributed by atoms with E-state index in [4.69, 9.17) is 19.4 Å². The monoisotopic (exact) mass is 790 g/mol. The van der Waals surface area contributed by atoms with Gasteiger partial charge in [-0.05, 0) is 65.2 Å². The summed E-state index contributed by atoms with van der Waals surface area (Å²) in [7, 11) is 2.58. The van der Waals surface area contributed by atoms with Gasteiger partial charge in [-0.25, -0.2) is 19.6 Å². The van der Waals surface area contributed by atoms with Crippen LogP contribution in [0.5, 0.6) is 0 Å². The molecule has 3 aliphatic rings. The van der Waals surface area contributed by atoms with Crippen molar-refractivity contribution in [3.63, 3.8) is 0 Å². The number of carbonyl (C=O) groups excluding carboxylic acids is 4. The fourth-order valence-corrected chi connectivity index (χ4v) is 8.82. The van der Waals surface area contributed by atoms with Crippen LogP contribution >= 0.6 is 0 Å². The van der Waals surface area contributed by atoms with E-state index in [0.29, 0.717) is 24.1 Å². The standard InChI is InChI=1S/C44H54N8O6/c1-9-30-18-19-34(51(30)41(53)36(23(2)3)49-43(55)57-7)39-45-21-32(47-39)28-14-10-26(11-15-28)27-12-16-29(17-13-27)33-22-46-40(48-33)35-20-31-25(6)38(31)52(35)42(54)37(24(4)5)50-44(56)58-8/h9-17,21-25,30-31,34-38H,1,18-20H2,2-8H3,(H,45,47)(H,46,48)(H,49,55)(H,50,56)/t25-,30-,31+,34?,35?,36+,37+,38?/m1/s1. The van der Waals surface area contributed by atoms with E-state index in [0.717, 1.165) is 52.3 Å². The lowest BCUT2D eigenvalue weighted by molar-refractivity contribution is -0.137. The number of methoxy groups -OCH3 is 2. The van der Waals surface area contributed by atoms with Crippen LogP contribution in [0, 0.1) is 23.7 Å². The third-order valence-corrected chi connectivity index (χ3v) is 12.2. The van der Waals surface area contributed by atoms with Gasteiger partial charge in [-0.15, -0.1) is 6.58 Å². The lowest BCUT2D eigenvalue weighted by Gasteiger charge is -2.33. The van der Waals surface area contributed by atoms with Crippen molar-refractivity contribution in [3.8, 4) is 33.6 Å². The van der Waals surface area contributed by atoms with Gasteiger partial charge in [0, 0.05) is 6.04 Å². The largest absolute Gasteiger partial charge is 0.453 e.